The molecule has 12 heteroatoms. The fourth-order valence-corrected chi connectivity index (χ4v) is 7.90. The lowest BCUT2D eigenvalue weighted by Gasteiger charge is -2.48. The first-order valence-electron chi connectivity index (χ1n) is 19.5. The number of hydrogen-bond donors (Lipinski definition) is 3. The molecule has 12 nitrogen and oxygen atoms in total. The number of aliphatic hydroxyl groups is 3. The number of ether oxygens (including phenoxy) is 6. The summed E-state index contributed by atoms with van der Waals surface area (Å²) in [6, 6.07) is 0. The number of carbonyl (C=O) groups excluding carboxylic acids is 3. The van der Waals surface area contributed by atoms with Crippen LogP contribution >= 0.6 is 0 Å². The van der Waals surface area contributed by atoms with Crippen LogP contribution < -0.4 is 0 Å². The molecule has 312 valence electrons. The molecule has 0 bridgehead atoms. The molecule has 55 heavy (non-hydrogen) atoms. The van der Waals surface area contributed by atoms with E-state index in [0.29, 0.717) is 18.4 Å². The average Bonchev–Trinajstić information content (AvgIpc) is 3.11. The monoisotopic (exact) mass is 776 g/mol. The fourth-order valence-electron chi connectivity index (χ4n) is 7.90. The molecule has 2 aliphatic rings. The van der Waals surface area contributed by atoms with Gasteiger partial charge in [-0.1, -0.05) is 89.1 Å². The lowest BCUT2D eigenvalue weighted by molar-refractivity contribution is -0.314. The van der Waals surface area contributed by atoms with Gasteiger partial charge in [0.25, 0.3) is 0 Å². The van der Waals surface area contributed by atoms with E-state index in [4.69, 9.17) is 28.4 Å². The van der Waals surface area contributed by atoms with Gasteiger partial charge in [-0.05, 0) is 45.6 Å². The highest BCUT2D eigenvalue weighted by atomic mass is 16.6. The van der Waals surface area contributed by atoms with E-state index in [1.54, 1.807) is 45.1 Å². The number of allylic oxidation sites excluding steroid dienone is 6. The third-order valence-corrected chi connectivity index (χ3v) is 11.1. The van der Waals surface area contributed by atoms with Gasteiger partial charge in [0.2, 0.25) is 5.76 Å². The summed E-state index contributed by atoms with van der Waals surface area (Å²) in [5.41, 5.74) is 1.59. The van der Waals surface area contributed by atoms with Gasteiger partial charge in [-0.15, -0.1) is 0 Å². The molecule has 2 aliphatic heterocycles. The molecule has 2 rings (SSSR count). The summed E-state index contributed by atoms with van der Waals surface area (Å²) in [5.74, 6) is -6.70. The second-order valence-corrected chi connectivity index (χ2v) is 15.6. The Labute approximate surface area is 328 Å². The highest BCUT2D eigenvalue weighted by Crippen LogP contribution is 2.41. The number of carbonyl (C=O) groups is 3. The van der Waals surface area contributed by atoms with E-state index in [1.807, 2.05) is 53.7 Å². The molecule has 0 radical (unpaired) electrons. The van der Waals surface area contributed by atoms with E-state index in [2.05, 4.69) is 0 Å². The van der Waals surface area contributed by atoms with Gasteiger partial charge in [-0.3, -0.25) is 9.59 Å². The molecule has 2 heterocycles. The first-order chi connectivity index (χ1) is 25.7. The summed E-state index contributed by atoms with van der Waals surface area (Å²) in [6.45, 7) is 19.2. The fraction of sp³-hybridized carbons (Fsp3) is 0.698. The van der Waals surface area contributed by atoms with Crippen LogP contribution in [-0.2, 0) is 42.8 Å². The van der Waals surface area contributed by atoms with E-state index >= 15 is 0 Å². The molecule has 0 aromatic heterocycles. The van der Waals surface area contributed by atoms with Crippen LogP contribution in [0, 0.1) is 35.5 Å². The Bertz CT molecular complexity index is 1430. The zero-order valence-corrected chi connectivity index (χ0v) is 35.2. The zero-order chi connectivity index (χ0) is 41.8. The Balaban J connectivity index is 2.66. The molecule has 3 N–H and O–H groups in total. The number of hydrogen-bond acceptors (Lipinski definition) is 12. The normalized spacial score (nSPS) is 38.3. The summed E-state index contributed by atoms with van der Waals surface area (Å²) < 4.78 is 35.2. The predicted octanol–water partition coefficient (Wildman–Crippen LogP) is 6.14. The molecule has 14 atom stereocenters. The maximum atomic E-state index is 13.8. The standard InChI is InChI=1S/C43H68O12/c1-14-17-34-28(7)37(52-31(10)44)23-43(49,55-34)30(9)39(47)29(8)41-35(50-12)19-16-18-24(3)20-27(6)40(53-32(11)45)33(15-2)38(46)26(5)21-25(4)22-36(51-13)42(48)54-41/h14,16-19,21-22,26-30,33-35,37-41,46-47,49H,15,20,23H2,1-13H3/b17-14+,19-16+,24-18+,25-21+,36-22-/t26-,27-,28-,29+,30+,33-,34-,35+,37-,38-,39-,40+,41-,43-/m1/s1. The number of aliphatic hydroxyl groups excluding tert-OH is 2. The number of cyclic esters (lactones) is 1. The minimum atomic E-state index is -1.92. The average molecular weight is 777 g/mol. The van der Waals surface area contributed by atoms with Crippen molar-refractivity contribution in [1.29, 1.82) is 0 Å². The Kier molecular flexibility index (Phi) is 19.0. The van der Waals surface area contributed by atoms with Gasteiger partial charge in [0, 0.05) is 57.0 Å². The van der Waals surface area contributed by atoms with Crippen molar-refractivity contribution >= 4 is 17.9 Å². The third-order valence-electron chi connectivity index (χ3n) is 11.1. The maximum absolute atomic E-state index is 13.8. The maximum Gasteiger partial charge on any atom is 0.373 e. The quantitative estimate of drug-likeness (QED) is 0.132. The smallest absolute Gasteiger partial charge is 0.373 e. The second kappa shape index (κ2) is 21.9. The van der Waals surface area contributed by atoms with Crippen molar-refractivity contribution in [3.8, 4) is 0 Å². The Hall–Kier alpha value is -3.29. The van der Waals surface area contributed by atoms with E-state index < -0.39 is 78.3 Å². The van der Waals surface area contributed by atoms with E-state index in [9.17, 15) is 29.7 Å². The topological polar surface area (TPSA) is 167 Å². The summed E-state index contributed by atoms with van der Waals surface area (Å²) in [5, 5.41) is 35.5. The van der Waals surface area contributed by atoms with Crippen LogP contribution in [0.3, 0.4) is 0 Å². The van der Waals surface area contributed by atoms with Crippen molar-refractivity contribution in [2.45, 2.75) is 144 Å². The predicted molar refractivity (Wildman–Crippen MR) is 209 cm³/mol. The van der Waals surface area contributed by atoms with Gasteiger partial charge in [0.1, 0.15) is 24.4 Å². The van der Waals surface area contributed by atoms with Crippen molar-refractivity contribution in [1.82, 2.24) is 0 Å². The van der Waals surface area contributed by atoms with Crippen LogP contribution in [0.1, 0.15) is 95.4 Å². The van der Waals surface area contributed by atoms with Gasteiger partial charge in [0.05, 0.1) is 25.4 Å². The zero-order valence-electron chi connectivity index (χ0n) is 35.2. The molecule has 0 aliphatic carbocycles. The highest BCUT2D eigenvalue weighted by molar-refractivity contribution is 5.87. The van der Waals surface area contributed by atoms with Crippen molar-refractivity contribution < 1.29 is 58.1 Å². The van der Waals surface area contributed by atoms with Crippen molar-refractivity contribution in [3.05, 3.63) is 59.4 Å². The van der Waals surface area contributed by atoms with E-state index in [-0.39, 0.29) is 35.9 Å². The molecule has 0 aromatic rings. The first-order valence-corrected chi connectivity index (χ1v) is 19.5. The highest BCUT2D eigenvalue weighted by Gasteiger charge is 2.52. The van der Waals surface area contributed by atoms with Crippen LogP contribution in [0.2, 0.25) is 0 Å². The van der Waals surface area contributed by atoms with Crippen LogP contribution in [0.4, 0.5) is 0 Å². The minimum Gasteiger partial charge on any atom is -0.490 e. The SMILES string of the molecule is C/C=C/[C@H]1O[C@@](O)([C@@H](C)[C@H](O)[C@H](C)[C@H]2OC(=O)/C(OC)=C/C(C)=C/[C@@H](C)[C@@H](O)[C@@H](CC)[C@@H](OC(C)=O)[C@H](C)C/C(C)=C/C=C/[C@@H]2OC)C[C@@H](OC(C)=O)[C@@H]1C. The second-order valence-electron chi connectivity index (χ2n) is 15.6. The molecule has 0 amide bonds. The summed E-state index contributed by atoms with van der Waals surface area (Å²) >= 11 is 0. The summed E-state index contributed by atoms with van der Waals surface area (Å²) in [4.78, 5) is 38.1. The molecular formula is C43H68O12. The van der Waals surface area contributed by atoms with Gasteiger partial charge < -0.3 is 43.7 Å². The van der Waals surface area contributed by atoms with E-state index in [1.165, 1.54) is 34.1 Å². The lowest BCUT2D eigenvalue weighted by atomic mass is 9.77. The van der Waals surface area contributed by atoms with Crippen LogP contribution in [0.5, 0.6) is 0 Å². The third kappa shape index (κ3) is 13.1. The number of rotatable bonds is 10. The number of methoxy groups -OCH3 is 2. The Morgan fingerprint density at radius 2 is 1.73 bits per heavy atom. The molecule has 0 spiro atoms. The van der Waals surface area contributed by atoms with Crippen molar-refractivity contribution in [2.75, 3.05) is 14.2 Å². The lowest BCUT2D eigenvalue weighted by Crippen LogP contribution is -2.58. The first kappa shape index (κ1) is 47.9. The molecule has 1 fully saturated rings. The molecule has 0 unspecified atom stereocenters. The molecular weight excluding hydrogens is 708 g/mol. The van der Waals surface area contributed by atoms with Crippen LogP contribution in [0.15, 0.2) is 59.4 Å². The molecule has 1 saturated heterocycles. The van der Waals surface area contributed by atoms with Gasteiger partial charge in [0.15, 0.2) is 5.79 Å². The van der Waals surface area contributed by atoms with Crippen LogP contribution in [0.25, 0.3) is 0 Å². The van der Waals surface area contributed by atoms with Gasteiger partial charge in [-0.2, -0.15) is 0 Å². The largest absolute Gasteiger partial charge is 0.490 e. The summed E-state index contributed by atoms with van der Waals surface area (Å²) in [6.07, 6.45) is 7.38. The van der Waals surface area contributed by atoms with Gasteiger partial charge >= 0.3 is 17.9 Å². The molecule has 0 aromatic carbocycles. The van der Waals surface area contributed by atoms with Gasteiger partial charge in [-0.25, -0.2) is 4.79 Å². The Morgan fingerprint density at radius 3 is 2.27 bits per heavy atom. The number of esters is 3. The minimum absolute atomic E-state index is 0.0834. The summed E-state index contributed by atoms with van der Waals surface area (Å²) in [7, 11) is 2.81. The van der Waals surface area contributed by atoms with Crippen molar-refractivity contribution in [2.24, 2.45) is 35.5 Å². The Morgan fingerprint density at radius 1 is 1.09 bits per heavy atom. The van der Waals surface area contributed by atoms with E-state index in [0.717, 1.165) is 5.57 Å². The van der Waals surface area contributed by atoms with Crippen LogP contribution in [-0.4, -0.2) is 96.0 Å². The molecule has 0 saturated carbocycles. The van der Waals surface area contributed by atoms with Crippen molar-refractivity contribution in [3.63, 3.8) is 0 Å².